The first-order chi connectivity index (χ1) is 12.3. The summed E-state index contributed by atoms with van der Waals surface area (Å²) in [5.41, 5.74) is 2.01. The largest absolute Gasteiger partial charge is 0.379 e. The van der Waals surface area contributed by atoms with E-state index in [1.54, 1.807) is 31.2 Å². The number of nitrogens with zero attached hydrogens (tertiary/aromatic N) is 1. The molecule has 1 aliphatic rings. The molecular formula is C20H23NO4S. The first kappa shape index (κ1) is 18.5. The van der Waals surface area contributed by atoms with Crippen molar-refractivity contribution in [1.29, 1.82) is 0 Å². The van der Waals surface area contributed by atoms with Gasteiger partial charge in [-0.25, -0.2) is 0 Å². The predicted octanol–water partition coefficient (Wildman–Crippen LogP) is 3.55. The van der Waals surface area contributed by atoms with E-state index in [0.717, 1.165) is 25.1 Å². The van der Waals surface area contributed by atoms with Crippen molar-refractivity contribution in [3.63, 3.8) is 0 Å². The molecule has 2 aromatic rings. The number of hydrogen-bond acceptors (Lipinski definition) is 4. The van der Waals surface area contributed by atoms with Crippen LogP contribution in [-0.4, -0.2) is 32.3 Å². The van der Waals surface area contributed by atoms with Crippen molar-refractivity contribution in [2.75, 3.05) is 13.1 Å². The molecule has 1 heterocycles. The molecule has 1 saturated heterocycles. The summed E-state index contributed by atoms with van der Waals surface area (Å²) in [5.74, 6) is 0.680. The van der Waals surface area contributed by atoms with Crippen LogP contribution in [0.25, 0.3) is 0 Å². The standard InChI is InChI=1S/C20H23NO4S/c1-14-4-5-16(3)19(12-14)26(23,24)25-18-8-6-17(7-9-18)20(22)21-11-10-15(2)13-21/h4-9,12,15H,10-11,13H2,1-3H3. The molecule has 1 amide bonds. The maximum absolute atomic E-state index is 12.5. The summed E-state index contributed by atoms with van der Waals surface area (Å²) in [6.45, 7) is 7.21. The number of hydrogen-bond donors (Lipinski definition) is 0. The SMILES string of the molecule is Cc1ccc(C)c(S(=O)(=O)Oc2ccc(C(=O)N3CCC(C)C3)cc2)c1. The van der Waals surface area contributed by atoms with Crippen LogP contribution in [0.5, 0.6) is 5.75 Å². The molecule has 0 aliphatic carbocycles. The molecule has 2 aromatic carbocycles. The van der Waals surface area contributed by atoms with Gasteiger partial charge in [-0.05, 0) is 67.6 Å². The van der Waals surface area contributed by atoms with Crippen molar-refractivity contribution >= 4 is 16.0 Å². The monoisotopic (exact) mass is 373 g/mol. The second-order valence-corrected chi connectivity index (χ2v) is 8.49. The zero-order chi connectivity index (χ0) is 18.9. The number of likely N-dealkylation sites (tertiary alicyclic amines) is 1. The van der Waals surface area contributed by atoms with Crippen LogP contribution in [0.2, 0.25) is 0 Å². The fraction of sp³-hybridized carbons (Fsp3) is 0.350. The Morgan fingerprint density at radius 2 is 1.81 bits per heavy atom. The van der Waals surface area contributed by atoms with Crippen LogP contribution in [0, 0.1) is 19.8 Å². The van der Waals surface area contributed by atoms with Crippen molar-refractivity contribution in [2.24, 2.45) is 5.92 Å². The molecule has 1 aliphatic heterocycles. The average Bonchev–Trinajstić information content (AvgIpc) is 3.03. The third-order valence-corrected chi connectivity index (χ3v) is 6.02. The van der Waals surface area contributed by atoms with Gasteiger partial charge in [0, 0.05) is 18.7 Å². The zero-order valence-corrected chi connectivity index (χ0v) is 16.0. The van der Waals surface area contributed by atoms with E-state index in [0.29, 0.717) is 17.0 Å². The van der Waals surface area contributed by atoms with Gasteiger partial charge in [0.1, 0.15) is 10.6 Å². The number of aryl methyl sites for hydroxylation is 2. The maximum atomic E-state index is 12.5. The van der Waals surface area contributed by atoms with E-state index in [-0.39, 0.29) is 16.6 Å². The fourth-order valence-corrected chi connectivity index (χ4v) is 4.35. The van der Waals surface area contributed by atoms with E-state index in [1.165, 1.54) is 12.1 Å². The molecule has 0 N–H and O–H groups in total. The van der Waals surface area contributed by atoms with Crippen molar-refractivity contribution in [3.8, 4) is 5.75 Å². The minimum absolute atomic E-state index is 0.0294. The summed E-state index contributed by atoms with van der Waals surface area (Å²) >= 11 is 0. The van der Waals surface area contributed by atoms with E-state index in [9.17, 15) is 13.2 Å². The third-order valence-electron chi connectivity index (χ3n) is 4.63. The summed E-state index contributed by atoms with van der Waals surface area (Å²) in [5, 5.41) is 0. The second kappa shape index (κ2) is 7.11. The summed E-state index contributed by atoms with van der Waals surface area (Å²) in [6, 6.07) is 11.5. The Morgan fingerprint density at radius 1 is 1.12 bits per heavy atom. The molecule has 1 fully saturated rings. The third kappa shape index (κ3) is 3.90. The highest BCUT2D eigenvalue weighted by Crippen LogP contribution is 2.24. The highest BCUT2D eigenvalue weighted by molar-refractivity contribution is 7.87. The molecule has 6 heteroatoms. The minimum atomic E-state index is -3.92. The molecule has 0 spiro atoms. The maximum Gasteiger partial charge on any atom is 0.339 e. The average molecular weight is 373 g/mol. The van der Waals surface area contributed by atoms with Gasteiger partial charge in [0.05, 0.1) is 0 Å². The van der Waals surface area contributed by atoms with Gasteiger partial charge in [-0.2, -0.15) is 8.42 Å². The van der Waals surface area contributed by atoms with Gasteiger partial charge in [-0.15, -0.1) is 0 Å². The molecule has 1 unspecified atom stereocenters. The Labute approximate surface area is 154 Å². The number of amides is 1. The Balaban J connectivity index is 1.76. The number of rotatable bonds is 4. The van der Waals surface area contributed by atoms with E-state index >= 15 is 0 Å². The van der Waals surface area contributed by atoms with Crippen molar-refractivity contribution in [2.45, 2.75) is 32.1 Å². The van der Waals surface area contributed by atoms with Crippen LogP contribution >= 0.6 is 0 Å². The fourth-order valence-electron chi connectivity index (χ4n) is 3.10. The minimum Gasteiger partial charge on any atom is -0.379 e. The van der Waals surface area contributed by atoms with Gasteiger partial charge >= 0.3 is 10.1 Å². The lowest BCUT2D eigenvalue weighted by Crippen LogP contribution is -2.28. The van der Waals surface area contributed by atoms with E-state index < -0.39 is 10.1 Å². The lowest BCUT2D eigenvalue weighted by Gasteiger charge is -2.16. The van der Waals surface area contributed by atoms with Gasteiger partial charge in [0.15, 0.2) is 0 Å². The Bertz CT molecular complexity index is 919. The molecule has 0 bridgehead atoms. The highest BCUT2D eigenvalue weighted by atomic mass is 32.2. The van der Waals surface area contributed by atoms with Crippen LogP contribution < -0.4 is 4.18 Å². The molecule has 26 heavy (non-hydrogen) atoms. The summed E-state index contributed by atoms with van der Waals surface area (Å²) in [6.07, 6.45) is 1.01. The van der Waals surface area contributed by atoms with Crippen LogP contribution in [0.15, 0.2) is 47.4 Å². The van der Waals surface area contributed by atoms with Gasteiger partial charge in [0.2, 0.25) is 0 Å². The van der Waals surface area contributed by atoms with E-state index in [2.05, 4.69) is 6.92 Å². The molecule has 0 radical (unpaired) electrons. The molecular weight excluding hydrogens is 350 g/mol. The van der Waals surface area contributed by atoms with Gasteiger partial charge < -0.3 is 9.08 Å². The van der Waals surface area contributed by atoms with Gasteiger partial charge in [0.25, 0.3) is 5.91 Å². The molecule has 0 saturated carbocycles. The first-order valence-corrected chi connectivity index (χ1v) is 10.1. The van der Waals surface area contributed by atoms with Crippen LogP contribution in [0.1, 0.15) is 34.8 Å². The van der Waals surface area contributed by atoms with Crippen LogP contribution in [0.4, 0.5) is 0 Å². The lowest BCUT2D eigenvalue weighted by molar-refractivity contribution is 0.0788. The Morgan fingerprint density at radius 3 is 2.42 bits per heavy atom. The quantitative estimate of drug-likeness (QED) is 0.769. The number of carbonyl (C=O) groups is 1. The van der Waals surface area contributed by atoms with Crippen LogP contribution in [-0.2, 0) is 10.1 Å². The topological polar surface area (TPSA) is 63.7 Å². The summed E-state index contributed by atoms with van der Waals surface area (Å²) in [4.78, 5) is 14.4. The van der Waals surface area contributed by atoms with Crippen molar-refractivity contribution < 1.29 is 17.4 Å². The molecule has 0 aromatic heterocycles. The van der Waals surface area contributed by atoms with Crippen molar-refractivity contribution in [1.82, 2.24) is 4.90 Å². The van der Waals surface area contributed by atoms with Crippen molar-refractivity contribution in [3.05, 3.63) is 59.2 Å². The lowest BCUT2D eigenvalue weighted by atomic mass is 10.2. The molecule has 5 nitrogen and oxygen atoms in total. The number of benzene rings is 2. The van der Waals surface area contributed by atoms with Gasteiger partial charge in [-0.3, -0.25) is 4.79 Å². The first-order valence-electron chi connectivity index (χ1n) is 8.67. The zero-order valence-electron chi connectivity index (χ0n) is 15.2. The van der Waals surface area contributed by atoms with E-state index in [1.807, 2.05) is 17.9 Å². The number of carbonyl (C=O) groups excluding carboxylic acids is 1. The molecule has 138 valence electrons. The van der Waals surface area contributed by atoms with Crippen LogP contribution in [0.3, 0.4) is 0 Å². The Kier molecular flexibility index (Phi) is 5.05. The summed E-state index contributed by atoms with van der Waals surface area (Å²) < 4.78 is 30.3. The predicted molar refractivity (Wildman–Crippen MR) is 99.9 cm³/mol. The molecule has 1 atom stereocenters. The smallest absolute Gasteiger partial charge is 0.339 e. The summed E-state index contributed by atoms with van der Waals surface area (Å²) in [7, 11) is -3.92. The van der Waals surface area contributed by atoms with E-state index in [4.69, 9.17) is 4.18 Å². The van der Waals surface area contributed by atoms with Gasteiger partial charge in [-0.1, -0.05) is 19.1 Å². The Hall–Kier alpha value is -2.34. The normalized spacial score (nSPS) is 17.3. The molecule has 3 rings (SSSR count). The second-order valence-electron chi connectivity index (χ2n) is 6.98. The highest BCUT2D eigenvalue weighted by Gasteiger charge is 2.24.